The van der Waals surface area contributed by atoms with Crippen LogP contribution in [0.25, 0.3) is 10.2 Å². The van der Waals surface area contributed by atoms with E-state index in [0.717, 1.165) is 41.2 Å². The maximum absolute atomic E-state index is 12.3. The van der Waals surface area contributed by atoms with Gasteiger partial charge in [-0.05, 0) is 31.2 Å². The second kappa shape index (κ2) is 5.46. The standard InChI is InChI=1S/C13H15N3OS2/c1-9(13(17)16-5-2-3-6-16)19-12-10-4-7-18-11(10)14-8-15-12/h4,7-9H,2-3,5-6H2,1H3/t9-/m0/s1. The van der Waals surface area contributed by atoms with Crippen molar-refractivity contribution in [3.8, 4) is 0 Å². The Bertz CT molecular complexity index is 592. The van der Waals surface area contributed by atoms with E-state index in [0.29, 0.717) is 0 Å². The Labute approximate surface area is 120 Å². The first-order chi connectivity index (χ1) is 9.25. The molecular formula is C13H15N3OS2. The van der Waals surface area contributed by atoms with E-state index in [4.69, 9.17) is 0 Å². The molecule has 0 spiro atoms. The summed E-state index contributed by atoms with van der Waals surface area (Å²) >= 11 is 3.14. The van der Waals surface area contributed by atoms with Crippen LogP contribution in [0.15, 0.2) is 22.8 Å². The summed E-state index contributed by atoms with van der Waals surface area (Å²) in [5.74, 6) is 0.226. The lowest BCUT2D eigenvalue weighted by Crippen LogP contribution is -2.34. The minimum atomic E-state index is -0.0869. The van der Waals surface area contributed by atoms with Crippen LogP contribution in [0, 0.1) is 0 Å². The Balaban J connectivity index is 1.76. The molecule has 1 fully saturated rings. The lowest BCUT2D eigenvalue weighted by atomic mass is 10.4. The van der Waals surface area contributed by atoms with Gasteiger partial charge in [0.1, 0.15) is 16.2 Å². The van der Waals surface area contributed by atoms with E-state index >= 15 is 0 Å². The van der Waals surface area contributed by atoms with Crippen LogP contribution in [-0.2, 0) is 4.79 Å². The molecule has 0 aliphatic carbocycles. The lowest BCUT2D eigenvalue weighted by molar-refractivity contribution is -0.129. The molecule has 1 amide bonds. The number of rotatable bonds is 3. The van der Waals surface area contributed by atoms with E-state index < -0.39 is 0 Å². The van der Waals surface area contributed by atoms with Crippen molar-refractivity contribution in [1.82, 2.24) is 14.9 Å². The molecule has 2 aromatic rings. The molecule has 4 nitrogen and oxygen atoms in total. The van der Waals surface area contributed by atoms with Gasteiger partial charge in [-0.3, -0.25) is 4.79 Å². The Hall–Kier alpha value is -1.14. The SMILES string of the molecule is C[C@H](Sc1ncnc2sccc12)C(=O)N1CCCC1. The normalized spacial score (nSPS) is 17.0. The summed E-state index contributed by atoms with van der Waals surface area (Å²) < 4.78 is 0. The minimum absolute atomic E-state index is 0.0869. The molecule has 6 heteroatoms. The van der Waals surface area contributed by atoms with E-state index in [9.17, 15) is 4.79 Å². The molecule has 0 aromatic carbocycles. The van der Waals surface area contributed by atoms with Crippen molar-refractivity contribution in [2.45, 2.75) is 30.0 Å². The predicted octanol–water partition coefficient (Wildman–Crippen LogP) is 2.79. The monoisotopic (exact) mass is 293 g/mol. The minimum Gasteiger partial charge on any atom is -0.342 e. The Kier molecular flexibility index (Phi) is 3.70. The molecule has 19 heavy (non-hydrogen) atoms. The Morgan fingerprint density at radius 3 is 3.00 bits per heavy atom. The van der Waals surface area contributed by atoms with Crippen molar-refractivity contribution in [2.75, 3.05) is 13.1 Å². The second-order valence-corrected chi connectivity index (χ2v) is 6.83. The summed E-state index contributed by atoms with van der Waals surface area (Å²) in [6, 6.07) is 2.02. The van der Waals surface area contributed by atoms with Gasteiger partial charge in [0.2, 0.25) is 5.91 Å². The Morgan fingerprint density at radius 1 is 1.42 bits per heavy atom. The number of thioether (sulfide) groups is 1. The largest absolute Gasteiger partial charge is 0.342 e. The smallest absolute Gasteiger partial charge is 0.235 e. The first kappa shape index (κ1) is 12.9. The van der Waals surface area contributed by atoms with Crippen molar-refractivity contribution in [1.29, 1.82) is 0 Å². The van der Waals surface area contributed by atoms with E-state index in [-0.39, 0.29) is 11.2 Å². The number of likely N-dealkylation sites (tertiary alicyclic amines) is 1. The van der Waals surface area contributed by atoms with Gasteiger partial charge in [-0.2, -0.15) is 0 Å². The van der Waals surface area contributed by atoms with Crippen LogP contribution in [0.2, 0.25) is 0 Å². The predicted molar refractivity (Wildman–Crippen MR) is 78.5 cm³/mol. The number of carbonyl (C=O) groups is 1. The fraction of sp³-hybridized carbons (Fsp3) is 0.462. The third kappa shape index (κ3) is 2.60. The first-order valence-corrected chi connectivity index (χ1v) is 8.15. The number of hydrogen-bond acceptors (Lipinski definition) is 5. The van der Waals surface area contributed by atoms with Crippen LogP contribution in [0.1, 0.15) is 19.8 Å². The summed E-state index contributed by atoms with van der Waals surface area (Å²) in [7, 11) is 0. The first-order valence-electron chi connectivity index (χ1n) is 6.39. The van der Waals surface area contributed by atoms with Gasteiger partial charge in [0.15, 0.2) is 0 Å². The molecule has 0 bridgehead atoms. The van der Waals surface area contributed by atoms with Crippen LogP contribution in [0.3, 0.4) is 0 Å². The van der Waals surface area contributed by atoms with Gasteiger partial charge in [0, 0.05) is 18.5 Å². The molecule has 3 heterocycles. The Morgan fingerprint density at radius 2 is 2.21 bits per heavy atom. The fourth-order valence-corrected chi connectivity index (χ4v) is 4.06. The highest BCUT2D eigenvalue weighted by molar-refractivity contribution is 8.00. The molecule has 3 rings (SSSR count). The molecular weight excluding hydrogens is 278 g/mol. The number of aromatic nitrogens is 2. The van der Waals surface area contributed by atoms with Crippen molar-refractivity contribution >= 4 is 39.2 Å². The second-order valence-electron chi connectivity index (χ2n) is 4.61. The third-order valence-corrected chi connectivity index (χ3v) is 5.20. The molecule has 1 aliphatic heterocycles. The molecule has 0 radical (unpaired) electrons. The van der Waals surface area contributed by atoms with E-state index in [1.54, 1.807) is 17.7 Å². The van der Waals surface area contributed by atoms with E-state index in [1.165, 1.54) is 11.8 Å². The third-order valence-electron chi connectivity index (χ3n) is 3.28. The van der Waals surface area contributed by atoms with Crippen molar-refractivity contribution in [2.24, 2.45) is 0 Å². The lowest BCUT2D eigenvalue weighted by Gasteiger charge is -2.19. The zero-order valence-electron chi connectivity index (χ0n) is 10.7. The molecule has 1 aliphatic rings. The van der Waals surface area contributed by atoms with Gasteiger partial charge in [-0.1, -0.05) is 11.8 Å². The highest BCUT2D eigenvalue weighted by Gasteiger charge is 2.24. The maximum atomic E-state index is 12.3. The quantitative estimate of drug-likeness (QED) is 0.645. The van der Waals surface area contributed by atoms with Crippen molar-refractivity contribution in [3.05, 3.63) is 17.8 Å². The van der Waals surface area contributed by atoms with Crippen LogP contribution < -0.4 is 0 Å². The summed E-state index contributed by atoms with van der Waals surface area (Å²) in [6.45, 7) is 3.77. The molecule has 100 valence electrons. The topological polar surface area (TPSA) is 46.1 Å². The average Bonchev–Trinajstić information content (AvgIpc) is 3.09. The highest BCUT2D eigenvalue weighted by atomic mass is 32.2. The summed E-state index contributed by atoms with van der Waals surface area (Å²) in [6.07, 6.45) is 3.84. The number of fused-ring (bicyclic) bond motifs is 1. The van der Waals surface area contributed by atoms with Gasteiger partial charge < -0.3 is 4.90 Å². The van der Waals surface area contributed by atoms with Gasteiger partial charge in [0.25, 0.3) is 0 Å². The number of nitrogens with zero attached hydrogens (tertiary/aromatic N) is 3. The summed E-state index contributed by atoms with van der Waals surface area (Å²) in [5, 5.41) is 3.89. The number of hydrogen-bond donors (Lipinski definition) is 0. The van der Waals surface area contributed by atoms with Gasteiger partial charge >= 0.3 is 0 Å². The van der Waals surface area contributed by atoms with Crippen LogP contribution in [0.4, 0.5) is 0 Å². The van der Waals surface area contributed by atoms with Gasteiger partial charge in [-0.25, -0.2) is 9.97 Å². The number of carbonyl (C=O) groups excluding carboxylic acids is 1. The summed E-state index contributed by atoms with van der Waals surface area (Å²) in [5.41, 5.74) is 0. The molecule has 1 saturated heterocycles. The van der Waals surface area contributed by atoms with Crippen molar-refractivity contribution in [3.63, 3.8) is 0 Å². The zero-order valence-corrected chi connectivity index (χ0v) is 12.3. The van der Waals surface area contributed by atoms with Gasteiger partial charge in [-0.15, -0.1) is 11.3 Å². The summed E-state index contributed by atoms with van der Waals surface area (Å²) in [4.78, 5) is 23.8. The van der Waals surface area contributed by atoms with Crippen LogP contribution in [-0.4, -0.2) is 39.1 Å². The molecule has 0 saturated carbocycles. The molecule has 2 aromatic heterocycles. The highest BCUT2D eigenvalue weighted by Crippen LogP contribution is 2.31. The van der Waals surface area contributed by atoms with Crippen LogP contribution in [0.5, 0.6) is 0 Å². The average molecular weight is 293 g/mol. The number of thiophene rings is 1. The van der Waals surface area contributed by atoms with Crippen LogP contribution >= 0.6 is 23.1 Å². The number of amides is 1. The molecule has 1 atom stereocenters. The van der Waals surface area contributed by atoms with E-state index in [2.05, 4.69) is 9.97 Å². The fourth-order valence-electron chi connectivity index (χ4n) is 2.27. The maximum Gasteiger partial charge on any atom is 0.235 e. The van der Waals surface area contributed by atoms with E-state index in [1.807, 2.05) is 23.3 Å². The van der Waals surface area contributed by atoms with Gasteiger partial charge in [0.05, 0.1) is 5.25 Å². The van der Waals surface area contributed by atoms with Crippen molar-refractivity contribution < 1.29 is 4.79 Å². The molecule has 0 N–H and O–H groups in total. The molecule has 0 unspecified atom stereocenters. The zero-order chi connectivity index (χ0) is 13.2.